The number of nitrogens with zero attached hydrogens (tertiary/aromatic N) is 1. The summed E-state index contributed by atoms with van der Waals surface area (Å²) in [4.78, 5) is 27.8. The average molecular weight is 484 g/mol. The third-order valence-electron chi connectivity index (χ3n) is 5.71. The van der Waals surface area contributed by atoms with Crippen LogP contribution in [-0.2, 0) is 9.59 Å². The highest BCUT2D eigenvalue weighted by Crippen LogP contribution is 2.43. The van der Waals surface area contributed by atoms with E-state index in [-0.39, 0.29) is 28.4 Å². The highest BCUT2D eigenvalue weighted by molar-refractivity contribution is 6.46. The first-order valence-electron chi connectivity index (χ1n) is 12.0. The van der Waals surface area contributed by atoms with Crippen molar-refractivity contribution in [3.05, 3.63) is 53.1 Å². The number of Topliss-reactive ketones (excluding diaryl/α,β-unsaturated/α-hetero) is 1. The number of amides is 1. The number of ether oxygens (including phenoxy) is 3. The van der Waals surface area contributed by atoms with Crippen LogP contribution in [0.1, 0.15) is 57.7 Å². The number of aliphatic hydroxyl groups is 1. The second-order valence-electron chi connectivity index (χ2n) is 8.03. The van der Waals surface area contributed by atoms with E-state index in [1.54, 1.807) is 37.3 Å². The Morgan fingerprint density at radius 1 is 0.914 bits per heavy atom. The van der Waals surface area contributed by atoms with Crippen LogP contribution in [0.4, 0.5) is 0 Å². The third kappa shape index (κ3) is 5.37. The number of rotatable bonds is 11. The number of carbonyl (C=O) groups excluding carboxylic acids is 2. The molecule has 188 valence electrons. The monoisotopic (exact) mass is 483 g/mol. The van der Waals surface area contributed by atoms with Crippen LogP contribution in [0, 0.1) is 0 Å². The predicted molar refractivity (Wildman–Crippen MR) is 132 cm³/mol. The summed E-state index contributed by atoms with van der Waals surface area (Å²) in [6, 6.07) is 8.79. The van der Waals surface area contributed by atoms with Crippen LogP contribution >= 0.6 is 0 Å². The molecule has 0 saturated carbocycles. The largest absolute Gasteiger partial charge is 0.507 e. The van der Waals surface area contributed by atoms with Crippen molar-refractivity contribution in [1.82, 2.24) is 4.90 Å². The number of benzene rings is 2. The highest BCUT2D eigenvalue weighted by Gasteiger charge is 2.46. The van der Waals surface area contributed by atoms with Gasteiger partial charge in [-0.25, -0.2) is 0 Å². The molecule has 0 aliphatic carbocycles. The van der Waals surface area contributed by atoms with Gasteiger partial charge in [-0.05, 0) is 57.0 Å². The van der Waals surface area contributed by atoms with E-state index < -0.39 is 17.7 Å². The minimum atomic E-state index is -0.845. The molecule has 1 fully saturated rings. The van der Waals surface area contributed by atoms with Gasteiger partial charge in [0.05, 0.1) is 37.0 Å². The first-order chi connectivity index (χ1) is 16.9. The number of hydrogen-bond acceptors (Lipinski definition) is 7. The van der Waals surface area contributed by atoms with E-state index in [1.165, 1.54) is 11.0 Å². The Balaban J connectivity index is 2.21. The second-order valence-corrected chi connectivity index (χ2v) is 8.03. The lowest BCUT2D eigenvalue weighted by Gasteiger charge is -2.26. The second kappa shape index (κ2) is 11.6. The average Bonchev–Trinajstić information content (AvgIpc) is 3.09. The lowest BCUT2D eigenvalue weighted by molar-refractivity contribution is -0.139. The van der Waals surface area contributed by atoms with Crippen LogP contribution in [0.5, 0.6) is 23.0 Å². The maximum atomic E-state index is 13.2. The molecular weight excluding hydrogens is 450 g/mol. The molecule has 0 radical (unpaired) electrons. The van der Waals surface area contributed by atoms with Crippen LogP contribution in [0.25, 0.3) is 5.76 Å². The van der Waals surface area contributed by atoms with Crippen molar-refractivity contribution in [2.75, 3.05) is 26.4 Å². The Morgan fingerprint density at radius 3 is 2.26 bits per heavy atom. The summed E-state index contributed by atoms with van der Waals surface area (Å²) in [5.74, 6) is -0.688. The quantitative estimate of drug-likeness (QED) is 0.268. The van der Waals surface area contributed by atoms with Crippen LogP contribution in [0.3, 0.4) is 0 Å². The molecule has 1 saturated heterocycles. The van der Waals surface area contributed by atoms with Gasteiger partial charge in [-0.15, -0.1) is 0 Å². The maximum absolute atomic E-state index is 13.2. The Bertz CT molecular complexity index is 1110. The number of carbonyl (C=O) groups is 2. The molecule has 2 N–H and O–H groups in total. The molecular formula is C27H33NO7. The molecule has 0 spiro atoms. The molecule has 1 aliphatic rings. The number of ketones is 1. The van der Waals surface area contributed by atoms with Gasteiger partial charge < -0.3 is 29.3 Å². The predicted octanol–water partition coefficient (Wildman–Crippen LogP) is 4.81. The van der Waals surface area contributed by atoms with Gasteiger partial charge in [0.2, 0.25) is 0 Å². The van der Waals surface area contributed by atoms with Crippen LogP contribution < -0.4 is 14.2 Å². The zero-order valence-electron chi connectivity index (χ0n) is 20.7. The van der Waals surface area contributed by atoms with E-state index in [4.69, 9.17) is 14.2 Å². The smallest absolute Gasteiger partial charge is 0.295 e. The highest BCUT2D eigenvalue weighted by atomic mass is 16.5. The van der Waals surface area contributed by atoms with Gasteiger partial charge in [-0.3, -0.25) is 9.59 Å². The Hall–Kier alpha value is -3.68. The van der Waals surface area contributed by atoms with Gasteiger partial charge in [0.1, 0.15) is 17.3 Å². The first kappa shape index (κ1) is 25.9. The number of aliphatic hydroxyl groups excluding tert-OH is 1. The molecule has 1 unspecified atom stereocenters. The zero-order chi connectivity index (χ0) is 25.5. The lowest BCUT2D eigenvalue weighted by atomic mass is 9.94. The molecule has 8 nitrogen and oxygen atoms in total. The molecule has 35 heavy (non-hydrogen) atoms. The van der Waals surface area contributed by atoms with E-state index in [9.17, 15) is 19.8 Å². The van der Waals surface area contributed by atoms with Crippen molar-refractivity contribution in [2.24, 2.45) is 0 Å². The third-order valence-corrected chi connectivity index (χ3v) is 5.71. The Labute approximate surface area is 205 Å². The van der Waals surface area contributed by atoms with Gasteiger partial charge in [-0.2, -0.15) is 0 Å². The molecule has 2 aromatic carbocycles. The van der Waals surface area contributed by atoms with Crippen molar-refractivity contribution >= 4 is 17.4 Å². The van der Waals surface area contributed by atoms with Crippen molar-refractivity contribution in [1.29, 1.82) is 0 Å². The fourth-order valence-corrected chi connectivity index (χ4v) is 4.13. The van der Waals surface area contributed by atoms with E-state index in [0.29, 0.717) is 49.8 Å². The summed E-state index contributed by atoms with van der Waals surface area (Å²) in [6.07, 6.45) is 1.51. The van der Waals surface area contributed by atoms with E-state index in [0.717, 1.165) is 6.42 Å². The fraction of sp³-hybridized carbons (Fsp3) is 0.407. The molecule has 3 rings (SSSR count). The molecule has 8 heteroatoms. The Kier molecular flexibility index (Phi) is 8.63. The minimum Gasteiger partial charge on any atom is -0.507 e. The molecule has 2 aromatic rings. The summed E-state index contributed by atoms with van der Waals surface area (Å²) >= 11 is 0. The minimum absolute atomic E-state index is 0.0376. The van der Waals surface area contributed by atoms with Gasteiger partial charge in [0, 0.05) is 12.6 Å². The summed E-state index contributed by atoms with van der Waals surface area (Å²) in [6.45, 7) is 8.93. The molecule has 1 amide bonds. The van der Waals surface area contributed by atoms with Crippen molar-refractivity contribution in [2.45, 2.75) is 46.6 Å². The van der Waals surface area contributed by atoms with E-state index in [2.05, 4.69) is 0 Å². The zero-order valence-corrected chi connectivity index (χ0v) is 20.7. The van der Waals surface area contributed by atoms with Gasteiger partial charge >= 0.3 is 0 Å². The Morgan fingerprint density at radius 2 is 1.60 bits per heavy atom. The molecule has 1 aliphatic heterocycles. The molecule has 1 heterocycles. The fourth-order valence-electron chi connectivity index (χ4n) is 4.13. The SMILES string of the molecule is CCCCN1C(=O)C(=O)/C(=C(/O)c2ccc(OCC)cc2OCC)C1c1ccc(O)c(OCC)c1. The van der Waals surface area contributed by atoms with Gasteiger partial charge in [0.15, 0.2) is 11.5 Å². The van der Waals surface area contributed by atoms with Crippen LogP contribution in [0.2, 0.25) is 0 Å². The van der Waals surface area contributed by atoms with Gasteiger partial charge in [-0.1, -0.05) is 19.4 Å². The van der Waals surface area contributed by atoms with E-state index >= 15 is 0 Å². The number of phenolic OH excluding ortho intramolecular Hbond substituents is 1. The normalized spacial score (nSPS) is 17.0. The van der Waals surface area contributed by atoms with Crippen LogP contribution in [0.15, 0.2) is 42.0 Å². The summed E-state index contributed by atoms with van der Waals surface area (Å²) < 4.78 is 16.8. The van der Waals surface area contributed by atoms with Crippen molar-refractivity contribution < 1.29 is 34.0 Å². The maximum Gasteiger partial charge on any atom is 0.295 e. The molecule has 0 aromatic heterocycles. The standard InChI is InChI=1S/C27H33NO7/c1-5-9-14-28-24(17-10-13-20(29)22(15-17)35-8-4)23(26(31)27(28)32)25(30)19-12-11-18(33-6-2)16-21(19)34-7-3/h10-13,15-16,24,29-30H,5-9,14H2,1-4H3/b25-23+. The first-order valence-corrected chi connectivity index (χ1v) is 12.0. The molecule has 1 atom stereocenters. The molecule has 0 bridgehead atoms. The number of likely N-dealkylation sites (tertiary alicyclic amines) is 1. The van der Waals surface area contributed by atoms with E-state index in [1.807, 2.05) is 20.8 Å². The number of unbranched alkanes of at least 4 members (excludes halogenated alkanes) is 1. The number of aromatic hydroxyl groups is 1. The van der Waals surface area contributed by atoms with Crippen LogP contribution in [-0.4, -0.2) is 53.2 Å². The lowest BCUT2D eigenvalue weighted by Crippen LogP contribution is -2.30. The topological polar surface area (TPSA) is 106 Å². The summed E-state index contributed by atoms with van der Waals surface area (Å²) in [5.41, 5.74) is 0.800. The summed E-state index contributed by atoms with van der Waals surface area (Å²) in [5, 5.41) is 21.6. The summed E-state index contributed by atoms with van der Waals surface area (Å²) in [7, 11) is 0. The van der Waals surface area contributed by atoms with Crippen molar-refractivity contribution in [3.63, 3.8) is 0 Å². The van der Waals surface area contributed by atoms with Crippen molar-refractivity contribution in [3.8, 4) is 23.0 Å². The number of hydrogen-bond donors (Lipinski definition) is 2. The number of phenols is 1. The van der Waals surface area contributed by atoms with Gasteiger partial charge in [0.25, 0.3) is 11.7 Å².